The van der Waals surface area contributed by atoms with Crippen molar-refractivity contribution in [1.29, 1.82) is 0 Å². The van der Waals surface area contributed by atoms with Gasteiger partial charge in [-0.1, -0.05) is 0 Å². The van der Waals surface area contributed by atoms with Crippen molar-refractivity contribution in [3.63, 3.8) is 0 Å². The fraction of sp³-hybridized carbons (Fsp3) is 0.0769. The van der Waals surface area contributed by atoms with Crippen LogP contribution in [-0.4, -0.2) is 10.2 Å². The summed E-state index contributed by atoms with van der Waals surface area (Å²) in [6, 6.07) is 4.62. The largest absolute Gasteiger partial charge is 0.505 e. The molecule has 0 atom stereocenters. The molecule has 2 aromatic carbocycles. The minimum Gasteiger partial charge on any atom is -0.505 e. The number of benzene rings is 2. The van der Waals surface area contributed by atoms with Crippen LogP contribution in [-0.2, 0) is 6.42 Å². The maximum absolute atomic E-state index is 13.2. The van der Waals surface area contributed by atoms with E-state index in [-0.39, 0.29) is 6.42 Å². The molecule has 0 radical (unpaired) electrons. The molecule has 3 nitrogen and oxygen atoms in total. The molecule has 0 saturated carbocycles. The molecule has 0 saturated heterocycles. The molecule has 3 rings (SSSR count). The minimum atomic E-state index is -0.750. The van der Waals surface area contributed by atoms with Crippen molar-refractivity contribution in [1.82, 2.24) is 0 Å². The quantitative estimate of drug-likeness (QED) is 0.644. The summed E-state index contributed by atoms with van der Waals surface area (Å²) in [6.45, 7) is 0. The van der Waals surface area contributed by atoms with E-state index in [9.17, 15) is 19.0 Å². The second-order valence-corrected chi connectivity index (χ2v) is 4.10. The van der Waals surface area contributed by atoms with Gasteiger partial charge in [0.1, 0.15) is 11.5 Å². The Morgan fingerprint density at radius 1 is 0.833 bits per heavy atom. The monoisotopic (exact) mass is 250 g/mol. The number of ether oxygens (including phenoxy) is 1. The molecule has 0 aliphatic carbocycles. The lowest BCUT2D eigenvalue weighted by Crippen LogP contribution is -2.04. The first-order chi connectivity index (χ1) is 8.54. The van der Waals surface area contributed by atoms with E-state index in [1.807, 2.05) is 0 Å². The van der Waals surface area contributed by atoms with Gasteiger partial charge >= 0.3 is 0 Å². The number of phenolic OH excluding ortho intramolecular Hbond substituents is 2. The Labute approximate surface area is 101 Å². The Kier molecular flexibility index (Phi) is 2.16. The number of phenols is 2. The molecule has 5 heteroatoms. The van der Waals surface area contributed by atoms with Crippen LogP contribution in [0.15, 0.2) is 24.3 Å². The highest BCUT2D eigenvalue weighted by molar-refractivity contribution is 5.54. The highest BCUT2D eigenvalue weighted by Gasteiger charge is 2.21. The maximum Gasteiger partial charge on any atom is 0.165 e. The molecule has 1 aliphatic rings. The normalized spacial score (nSPS) is 12.6. The number of hydrogen-bond donors (Lipinski definition) is 2. The van der Waals surface area contributed by atoms with Crippen LogP contribution in [0.2, 0.25) is 0 Å². The zero-order valence-electron chi connectivity index (χ0n) is 9.08. The second-order valence-electron chi connectivity index (χ2n) is 4.10. The number of halogens is 2. The maximum atomic E-state index is 13.2. The predicted octanol–water partition coefficient (Wildman–Crippen LogP) is 3.07. The molecular formula is C13H8F2O3. The molecule has 18 heavy (non-hydrogen) atoms. The smallest absolute Gasteiger partial charge is 0.165 e. The van der Waals surface area contributed by atoms with E-state index in [4.69, 9.17) is 4.74 Å². The Morgan fingerprint density at radius 2 is 1.28 bits per heavy atom. The molecular weight excluding hydrogens is 242 g/mol. The topological polar surface area (TPSA) is 49.7 Å². The number of hydrogen-bond acceptors (Lipinski definition) is 3. The summed E-state index contributed by atoms with van der Waals surface area (Å²) in [5.41, 5.74) is 1.03. The number of fused-ring (bicyclic) bond motifs is 2. The lowest BCUT2D eigenvalue weighted by Gasteiger charge is -2.20. The molecule has 0 amide bonds. The predicted molar refractivity (Wildman–Crippen MR) is 59.0 cm³/mol. The van der Waals surface area contributed by atoms with Gasteiger partial charge in [-0.3, -0.25) is 0 Å². The molecule has 0 spiro atoms. The van der Waals surface area contributed by atoms with Gasteiger partial charge in [0.15, 0.2) is 23.1 Å². The average molecular weight is 250 g/mol. The van der Waals surface area contributed by atoms with Crippen molar-refractivity contribution in [2.45, 2.75) is 6.42 Å². The first-order valence-corrected chi connectivity index (χ1v) is 5.25. The fourth-order valence-corrected chi connectivity index (χ4v) is 1.96. The summed E-state index contributed by atoms with van der Waals surface area (Å²) in [5.74, 6) is -1.92. The van der Waals surface area contributed by atoms with Crippen LogP contribution in [0.5, 0.6) is 23.0 Å². The highest BCUT2D eigenvalue weighted by atomic mass is 19.1. The first kappa shape index (κ1) is 10.8. The van der Waals surface area contributed by atoms with E-state index in [1.54, 1.807) is 0 Å². The van der Waals surface area contributed by atoms with Crippen molar-refractivity contribution < 1.29 is 23.7 Å². The summed E-state index contributed by atoms with van der Waals surface area (Å²) >= 11 is 0. The third-order valence-electron chi connectivity index (χ3n) is 2.86. The van der Waals surface area contributed by atoms with Crippen LogP contribution >= 0.6 is 0 Å². The van der Waals surface area contributed by atoms with Crippen molar-refractivity contribution in [3.05, 3.63) is 47.0 Å². The molecule has 2 aromatic rings. The third kappa shape index (κ3) is 1.55. The summed E-state index contributed by atoms with van der Waals surface area (Å²) in [5, 5.41) is 18.5. The average Bonchev–Trinajstić information content (AvgIpc) is 2.31. The lowest BCUT2D eigenvalue weighted by atomic mass is 9.99. The summed E-state index contributed by atoms with van der Waals surface area (Å²) in [7, 11) is 0. The van der Waals surface area contributed by atoms with Gasteiger partial charge in [0, 0.05) is 29.7 Å². The van der Waals surface area contributed by atoms with Gasteiger partial charge in [0.05, 0.1) is 0 Å². The molecule has 1 heterocycles. The van der Waals surface area contributed by atoms with Crippen LogP contribution in [0, 0.1) is 11.6 Å². The van der Waals surface area contributed by atoms with Crippen LogP contribution in [0.3, 0.4) is 0 Å². The van der Waals surface area contributed by atoms with E-state index in [2.05, 4.69) is 0 Å². The van der Waals surface area contributed by atoms with Crippen LogP contribution in [0.25, 0.3) is 0 Å². The van der Waals surface area contributed by atoms with Gasteiger partial charge in [0.25, 0.3) is 0 Å². The van der Waals surface area contributed by atoms with Gasteiger partial charge in [0.2, 0.25) is 0 Å². The molecule has 1 aliphatic heterocycles. The summed E-state index contributed by atoms with van der Waals surface area (Å²) < 4.78 is 31.8. The van der Waals surface area contributed by atoms with E-state index in [0.717, 1.165) is 24.3 Å². The standard InChI is InChI=1S/C13H8F2O3/c14-8-2-6-1-7-3-9(15)11(17)5-13(7)18-12(6)4-10(8)16/h2-5,16-17H,1H2. The molecule has 0 bridgehead atoms. The van der Waals surface area contributed by atoms with E-state index < -0.39 is 23.1 Å². The Bertz CT molecular complexity index is 542. The third-order valence-corrected chi connectivity index (χ3v) is 2.86. The van der Waals surface area contributed by atoms with Gasteiger partial charge in [-0.05, 0) is 12.1 Å². The van der Waals surface area contributed by atoms with Crippen LogP contribution in [0.4, 0.5) is 8.78 Å². The SMILES string of the molecule is Oc1cc2c(cc1F)Cc1cc(F)c(O)cc1O2. The van der Waals surface area contributed by atoms with Crippen molar-refractivity contribution in [2.75, 3.05) is 0 Å². The summed E-state index contributed by atoms with van der Waals surface area (Å²) in [6.07, 6.45) is 0.277. The minimum absolute atomic E-state index is 0.277. The van der Waals surface area contributed by atoms with Crippen LogP contribution in [0.1, 0.15) is 11.1 Å². The van der Waals surface area contributed by atoms with E-state index in [0.29, 0.717) is 22.6 Å². The Hall–Kier alpha value is -2.30. The lowest BCUT2D eigenvalue weighted by molar-refractivity contribution is 0.404. The molecule has 0 fully saturated rings. The first-order valence-electron chi connectivity index (χ1n) is 5.25. The molecule has 0 aromatic heterocycles. The Balaban J connectivity index is 2.12. The molecule has 2 N–H and O–H groups in total. The zero-order chi connectivity index (χ0) is 12.9. The van der Waals surface area contributed by atoms with Crippen molar-refractivity contribution in [2.24, 2.45) is 0 Å². The second kappa shape index (κ2) is 3.60. The fourth-order valence-electron chi connectivity index (χ4n) is 1.96. The highest BCUT2D eigenvalue weighted by Crippen LogP contribution is 2.41. The number of aromatic hydroxyl groups is 2. The van der Waals surface area contributed by atoms with Gasteiger partial charge < -0.3 is 14.9 Å². The van der Waals surface area contributed by atoms with Crippen molar-refractivity contribution in [3.8, 4) is 23.0 Å². The molecule has 0 unspecified atom stereocenters. The van der Waals surface area contributed by atoms with Crippen molar-refractivity contribution >= 4 is 0 Å². The van der Waals surface area contributed by atoms with Gasteiger partial charge in [-0.15, -0.1) is 0 Å². The van der Waals surface area contributed by atoms with E-state index >= 15 is 0 Å². The van der Waals surface area contributed by atoms with E-state index in [1.165, 1.54) is 0 Å². The Morgan fingerprint density at radius 3 is 1.72 bits per heavy atom. The molecule has 92 valence electrons. The van der Waals surface area contributed by atoms with Crippen LogP contribution < -0.4 is 4.74 Å². The van der Waals surface area contributed by atoms with Gasteiger partial charge in [-0.25, -0.2) is 8.78 Å². The van der Waals surface area contributed by atoms with Gasteiger partial charge in [-0.2, -0.15) is 0 Å². The zero-order valence-corrected chi connectivity index (χ0v) is 9.08. The summed E-state index contributed by atoms with van der Waals surface area (Å²) in [4.78, 5) is 0. The number of rotatable bonds is 0.